The van der Waals surface area contributed by atoms with Crippen molar-refractivity contribution < 1.29 is 4.55 Å². The second-order valence-electron chi connectivity index (χ2n) is 7.35. The molecule has 114 valence electrons. The zero-order valence-corrected chi connectivity index (χ0v) is 14.0. The van der Waals surface area contributed by atoms with E-state index < -0.39 is 11.4 Å². The van der Waals surface area contributed by atoms with Gasteiger partial charge >= 0.3 is 0 Å². The van der Waals surface area contributed by atoms with Gasteiger partial charge in [-0.05, 0) is 51.7 Å². The average molecular weight is 304 g/mol. The molecule has 0 amide bonds. The number of pyridine rings is 1. The highest BCUT2D eigenvalue weighted by Gasteiger charge is 2.46. The molecule has 0 aliphatic heterocycles. The van der Waals surface area contributed by atoms with Crippen molar-refractivity contribution in [3.05, 3.63) is 29.6 Å². The number of hydrogen-bond donors (Lipinski definition) is 0. The third-order valence-corrected chi connectivity index (χ3v) is 6.09. The van der Waals surface area contributed by atoms with E-state index in [9.17, 15) is 4.55 Å². The topological polar surface area (TPSA) is 48.3 Å². The molecule has 4 heteroatoms. The van der Waals surface area contributed by atoms with Crippen molar-refractivity contribution in [3.8, 4) is 0 Å². The highest BCUT2D eigenvalue weighted by molar-refractivity contribution is 7.91. The zero-order chi connectivity index (χ0) is 15.1. The van der Waals surface area contributed by atoms with Gasteiger partial charge in [-0.3, -0.25) is 4.98 Å². The van der Waals surface area contributed by atoms with Crippen LogP contribution in [0.4, 0.5) is 0 Å². The molecule has 1 fully saturated rings. The van der Waals surface area contributed by atoms with Crippen LogP contribution >= 0.6 is 0 Å². The van der Waals surface area contributed by atoms with Crippen molar-refractivity contribution in [2.75, 3.05) is 0 Å². The van der Waals surface area contributed by atoms with Gasteiger partial charge in [0.15, 0.2) is 0 Å². The van der Waals surface area contributed by atoms with E-state index in [0.29, 0.717) is 0 Å². The fraction of sp³-hybridized carbons (Fsp3) is 0.647. The summed E-state index contributed by atoms with van der Waals surface area (Å²) >= 11 is -1.19. The monoisotopic (exact) mass is 304 g/mol. The molecule has 1 aromatic rings. The largest absolute Gasteiger partial charge is 0.591 e. The van der Waals surface area contributed by atoms with Crippen LogP contribution in [0.25, 0.3) is 0 Å². The molecule has 1 spiro atoms. The van der Waals surface area contributed by atoms with Crippen molar-refractivity contribution in [2.45, 2.75) is 64.0 Å². The van der Waals surface area contributed by atoms with E-state index in [1.54, 1.807) is 0 Å². The molecule has 0 saturated heterocycles. The number of aromatic nitrogens is 1. The normalized spacial score (nSPS) is 24.3. The summed E-state index contributed by atoms with van der Waals surface area (Å²) in [6, 6.07) is 2.05. The first-order chi connectivity index (χ1) is 9.92. The first-order valence-corrected chi connectivity index (χ1v) is 8.97. The van der Waals surface area contributed by atoms with Gasteiger partial charge in [0, 0.05) is 23.4 Å². The van der Waals surface area contributed by atoms with E-state index in [1.165, 1.54) is 43.2 Å². The van der Waals surface area contributed by atoms with Crippen molar-refractivity contribution in [1.82, 2.24) is 4.98 Å². The minimum Gasteiger partial charge on any atom is -0.591 e. The molecule has 1 saturated carbocycles. The third-order valence-electron chi connectivity index (χ3n) is 4.70. The lowest BCUT2D eigenvalue weighted by atomic mass is 9.71. The maximum Gasteiger partial charge on any atom is 0.144 e. The van der Waals surface area contributed by atoms with Gasteiger partial charge in [0.25, 0.3) is 0 Å². The van der Waals surface area contributed by atoms with Gasteiger partial charge in [-0.25, -0.2) is 0 Å². The molecule has 0 bridgehead atoms. The van der Waals surface area contributed by atoms with Crippen LogP contribution in [0.3, 0.4) is 0 Å². The lowest BCUT2D eigenvalue weighted by Gasteiger charge is -2.34. The van der Waals surface area contributed by atoms with E-state index in [0.717, 1.165) is 12.1 Å². The molecule has 2 aliphatic carbocycles. The van der Waals surface area contributed by atoms with Gasteiger partial charge in [-0.2, -0.15) is 0 Å². The molecule has 3 nitrogen and oxygen atoms in total. The van der Waals surface area contributed by atoms with Gasteiger partial charge in [0.1, 0.15) is 21.8 Å². The number of fused-ring (bicyclic) bond motifs is 1. The minimum absolute atomic E-state index is 0.116. The molecule has 0 unspecified atom stereocenters. The Kier molecular flexibility index (Phi) is 3.87. The van der Waals surface area contributed by atoms with E-state index in [4.69, 9.17) is 4.40 Å². The van der Waals surface area contributed by atoms with Crippen LogP contribution in [-0.2, 0) is 17.8 Å². The number of hydrogen-bond acceptors (Lipinski definition) is 3. The molecule has 0 aromatic carbocycles. The maximum absolute atomic E-state index is 12.6. The summed E-state index contributed by atoms with van der Waals surface area (Å²) in [5, 5.41) is 0. The Labute approximate surface area is 130 Å². The fourth-order valence-electron chi connectivity index (χ4n) is 3.54. The fourth-order valence-corrected chi connectivity index (χ4v) is 4.27. The highest BCUT2D eigenvalue weighted by atomic mass is 32.2. The summed E-state index contributed by atoms with van der Waals surface area (Å²) in [7, 11) is 0. The summed E-state index contributed by atoms with van der Waals surface area (Å²) in [5.74, 6) is 0. The standard InChI is InChI=1S/C17H24N2OS/c1-16(2,3)21(20)19-15-14-7-10-18-12-13(14)11-17(15)8-5-4-6-9-17/h7,10,12H,4-6,8-9,11H2,1-3H3/b19-15+/t21-/m1/s1. The Bertz CT molecular complexity index is 556. The lowest BCUT2D eigenvalue weighted by molar-refractivity contribution is 0.291. The summed E-state index contributed by atoms with van der Waals surface area (Å²) in [6.07, 6.45) is 11.0. The van der Waals surface area contributed by atoms with Crippen LogP contribution in [0.2, 0.25) is 0 Å². The van der Waals surface area contributed by atoms with Crippen LogP contribution < -0.4 is 0 Å². The quantitative estimate of drug-likeness (QED) is 0.740. The molecule has 3 rings (SSSR count). The minimum atomic E-state index is -1.19. The maximum atomic E-state index is 12.6. The zero-order valence-electron chi connectivity index (χ0n) is 13.2. The van der Waals surface area contributed by atoms with Gasteiger partial charge < -0.3 is 4.55 Å². The van der Waals surface area contributed by atoms with E-state index >= 15 is 0 Å². The Hall–Kier alpha value is -0.870. The smallest absolute Gasteiger partial charge is 0.144 e. The second-order valence-corrected chi connectivity index (χ2v) is 9.26. The van der Waals surface area contributed by atoms with E-state index in [-0.39, 0.29) is 10.2 Å². The SMILES string of the molecule is CC(C)(C)[S@@+]([O-])/N=C1\c2ccncc2CC12CCCCC2. The Balaban J connectivity index is 2.05. The van der Waals surface area contributed by atoms with Crippen LogP contribution in [0.1, 0.15) is 64.0 Å². The van der Waals surface area contributed by atoms with Gasteiger partial charge in [0.2, 0.25) is 0 Å². The predicted molar refractivity (Wildman–Crippen MR) is 87.9 cm³/mol. The van der Waals surface area contributed by atoms with Gasteiger partial charge in [0.05, 0.1) is 0 Å². The molecule has 2 aliphatic rings. The molecular weight excluding hydrogens is 280 g/mol. The average Bonchev–Trinajstić information content (AvgIpc) is 2.72. The second kappa shape index (κ2) is 5.40. The van der Waals surface area contributed by atoms with Crippen molar-refractivity contribution in [3.63, 3.8) is 0 Å². The van der Waals surface area contributed by atoms with E-state index in [1.807, 2.05) is 33.2 Å². The molecule has 1 heterocycles. The van der Waals surface area contributed by atoms with Crippen LogP contribution in [0.15, 0.2) is 22.9 Å². The van der Waals surface area contributed by atoms with Gasteiger partial charge in [-0.15, -0.1) is 0 Å². The van der Waals surface area contributed by atoms with Gasteiger partial charge in [-0.1, -0.05) is 23.7 Å². The van der Waals surface area contributed by atoms with Crippen molar-refractivity contribution in [1.29, 1.82) is 0 Å². The summed E-state index contributed by atoms with van der Waals surface area (Å²) in [5.41, 5.74) is 3.67. The van der Waals surface area contributed by atoms with E-state index in [2.05, 4.69) is 11.1 Å². The molecule has 21 heavy (non-hydrogen) atoms. The summed E-state index contributed by atoms with van der Waals surface area (Å²) in [4.78, 5) is 4.27. The molecule has 1 aromatic heterocycles. The predicted octanol–water partition coefficient (Wildman–Crippen LogP) is 3.84. The van der Waals surface area contributed by atoms with Crippen LogP contribution in [0.5, 0.6) is 0 Å². The number of nitrogens with zero attached hydrogens (tertiary/aromatic N) is 2. The van der Waals surface area contributed by atoms with Crippen molar-refractivity contribution in [2.24, 2.45) is 9.81 Å². The lowest BCUT2D eigenvalue weighted by Crippen LogP contribution is -2.34. The molecule has 1 atom stereocenters. The van der Waals surface area contributed by atoms with Crippen LogP contribution in [-0.4, -0.2) is 20.0 Å². The third kappa shape index (κ3) is 2.76. The highest BCUT2D eigenvalue weighted by Crippen LogP contribution is 2.48. The number of rotatable bonds is 1. The Morgan fingerprint density at radius 2 is 1.95 bits per heavy atom. The molecule has 0 radical (unpaired) electrons. The first-order valence-electron chi connectivity index (χ1n) is 7.87. The van der Waals surface area contributed by atoms with Crippen LogP contribution in [0, 0.1) is 5.41 Å². The Morgan fingerprint density at radius 3 is 2.62 bits per heavy atom. The van der Waals surface area contributed by atoms with Crippen molar-refractivity contribution >= 4 is 17.1 Å². The Morgan fingerprint density at radius 1 is 1.24 bits per heavy atom. The molecule has 0 N–H and O–H groups in total. The summed E-state index contributed by atoms with van der Waals surface area (Å²) < 4.78 is 17.0. The molecular formula is C17H24N2OS. The first kappa shape index (κ1) is 15.0. The summed E-state index contributed by atoms with van der Waals surface area (Å²) in [6.45, 7) is 5.97.